The van der Waals surface area contributed by atoms with Gasteiger partial charge in [-0.3, -0.25) is 0 Å². The summed E-state index contributed by atoms with van der Waals surface area (Å²) in [5.74, 6) is 0. The van der Waals surface area contributed by atoms with Crippen molar-refractivity contribution in [3.8, 4) is 0 Å². The number of hydrogen-bond donors (Lipinski definition) is 1. The van der Waals surface area contributed by atoms with Crippen molar-refractivity contribution >= 4 is 21.6 Å². The summed E-state index contributed by atoms with van der Waals surface area (Å²) in [5, 5.41) is 3.39. The van der Waals surface area contributed by atoms with Crippen LogP contribution in [0, 0.1) is 6.92 Å². The Morgan fingerprint density at radius 3 is 2.94 bits per heavy atom. The van der Waals surface area contributed by atoms with Gasteiger partial charge in [0.05, 0.1) is 18.6 Å². The molecule has 0 bridgehead atoms. The summed E-state index contributed by atoms with van der Waals surface area (Å²) in [6.45, 7) is 2.86. The van der Waals surface area contributed by atoms with Crippen LogP contribution < -0.4 is 5.32 Å². The van der Waals surface area contributed by atoms with Crippen molar-refractivity contribution in [1.29, 1.82) is 0 Å². The van der Waals surface area contributed by atoms with E-state index in [-0.39, 0.29) is 0 Å². The molecule has 84 valence electrons. The van der Waals surface area contributed by atoms with E-state index in [4.69, 9.17) is 0 Å². The molecular weight excluding hydrogens is 266 g/mol. The molecule has 4 heteroatoms. The van der Waals surface area contributed by atoms with E-state index in [1.807, 2.05) is 30.2 Å². The quantitative estimate of drug-likeness (QED) is 0.936. The SMILES string of the molecule is Cc1cccc(NCc2cncn2C)c1Br. The third kappa shape index (κ3) is 2.27. The normalized spacial score (nSPS) is 10.4. The van der Waals surface area contributed by atoms with Crippen molar-refractivity contribution in [2.24, 2.45) is 7.05 Å². The van der Waals surface area contributed by atoms with Gasteiger partial charge in [-0.2, -0.15) is 0 Å². The summed E-state index contributed by atoms with van der Waals surface area (Å²) in [6, 6.07) is 6.19. The highest BCUT2D eigenvalue weighted by Crippen LogP contribution is 2.25. The molecule has 1 heterocycles. The molecule has 0 aliphatic carbocycles. The van der Waals surface area contributed by atoms with Crippen molar-refractivity contribution in [3.05, 3.63) is 46.5 Å². The highest BCUT2D eigenvalue weighted by molar-refractivity contribution is 9.10. The lowest BCUT2D eigenvalue weighted by atomic mass is 10.2. The lowest BCUT2D eigenvalue weighted by Gasteiger charge is -2.10. The summed E-state index contributed by atoms with van der Waals surface area (Å²) in [5.41, 5.74) is 3.50. The number of aromatic nitrogens is 2. The molecule has 0 amide bonds. The number of aryl methyl sites for hydroxylation is 2. The first-order chi connectivity index (χ1) is 7.68. The number of hydrogen-bond acceptors (Lipinski definition) is 2. The average molecular weight is 280 g/mol. The van der Waals surface area contributed by atoms with Gasteiger partial charge in [0.15, 0.2) is 0 Å². The fraction of sp³-hybridized carbons (Fsp3) is 0.250. The van der Waals surface area contributed by atoms with Gasteiger partial charge in [-0.15, -0.1) is 0 Å². The molecule has 0 atom stereocenters. The lowest BCUT2D eigenvalue weighted by molar-refractivity contribution is 0.837. The molecular formula is C12H14BrN3. The van der Waals surface area contributed by atoms with E-state index in [2.05, 4.69) is 45.3 Å². The lowest BCUT2D eigenvalue weighted by Crippen LogP contribution is -2.04. The Morgan fingerprint density at radius 1 is 1.44 bits per heavy atom. The van der Waals surface area contributed by atoms with Crippen LogP contribution in [0.2, 0.25) is 0 Å². The van der Waals surface area contributed by atoms with Crippen molar-refractivity contribution in [2.45, 2.75) is 13.5 Å². The van der Waals surface area contributed by atoms with Crippen molar-refractivity contribution in [2.75, 3.05) is 5.32 Å². The van der Waals surface area contributed by atoms with Gasteiger partial charge >= 0.3 is 0 Å². The fourth-order valence-electron chi connectivity index (χ4n) is 1.52. The molecule has 0 spiro atoms. The third-order valence-electron chi connectivity index (χ3n) is 2.57. The molecule has 0 saturated heterocycles. The third-order valence-corrected chi connectivity index (χ3v) is 3.62. The Morgan fingerprint density at radius 2 is 2.25 bits per heavy atom. The van der Waals surface area contributed by atoms with E-state index >= 15 is 0 Å². The smallest absolute Gasteiger partial charge is 0.0946 e. The Bertz CT molecular complexity index is 491. The fourth-order valence-corrected chi connectivity index (χ4v) is 1.93. The molecule has 0 saturated carbocycles. The maximum atomic E-state index is 4.09. The van der Waals surface area contributed by atoms with Crippen LogP contribution >= 0.6 is 15.9 Å². The highest BCUT2D eigenvalue weighted by Gasteiger charge is 2.03. The second kappa shape index (κ2) is 4.70. The Kier molecular flexibility index (Phi) is 3.29. The van der Waals surface area contributed by atoms with Gasteiger partial charge in [0.2, 0.25) is 0 Å². The highest BCUT2D eigenvalue weighted by atomic mass is 79.9. The Labute approximate surface area is 104 Å². The van der Waals surface area contributed by atoms with Crippen molar-refractivity contribution in [1.82, 2.24) is 9.55 Å². The summed E-state index contributed by atoms with van der Waals surface area (Å²) in [4.78, 5) is 4.09. The molecule has 1 aromatic heterocycles. The van der Waals surface area contributed by atoms with Gasteiger partial charge in [0.25, 0.3) is 0 Å². The van der Waals surface area contributed by atoms with Crippen molar-refractivity contribution < 1.29 is 0 Å². The number of benzene rings is 1. The van der Waals surface area contributed by atoms with Crippen LogP contribution in [0.25, 0.3) is 0 Å². The topological polar surface area (TPSA) is 29.9 Å². The van der Waals surface area contributed by atoms with Gasteiger partial charge in [0.1, 0.15) is 0 Å². The molecule has 0 aliphatic rings. The van der Waals surface area contributed by atoms with Gasteiger partial charge < -0.3 is 9.88 Å². The first-order valence-corrected chi connectivity index (χ1v) is 5.92. The maximum Gasteiger partial charge on any atom is 0.0946 e. The van der Waals surface area contributed by atoms with E-state index in [0.29, 0.717) is 0 Å². The number of anilines is 1. The number of halogens is 1. The van der Waals surface area contributed by atoms with E-state index in [1.165, 1.54) is 5.56 Å². The standard InChI is InChI=1S/C12H14BrN3/c1-9-4-3-5-11(12(9)13)15-7-10-6-14-8-16(10)2/h3-6,8,15H,7H2,1-2H3. The van der Waals surface area contributed by atoms with Crippen LogP contribution in [0.3, 0.4) is 0 Å². The minimum atomic E-state index is 0.776. The first kappa shape index (κ1) is 11.2. The zero-order valence-corrected chi connectivity index (χ0v) is 11.0. The molecule has 3 nitrogen and oxygen atoms in total. The van der Waals surface area contributed by atoms with Gasteiger partial charge in [-0.25, -0.2) is 4.98 Å². The molecule has 1 N–H and O–H groups in total. The van der Waals surface area contributed by atoms with E-state index in [0.717, 1.165) is 22.4 Å². The van der Waals surface area contributed by atoms with Crippen LogP contribution in [0.15, 0.2) is 35.2 Å². The van der Waals surface area contributed by atoms with Crippen molar-refractivity contribution in [3.63, 3.8) is 0 Å². The zero-order valence-electron chi connectivity index (χ0n) is 9.37. The van der Waals surface area contributed by atoms with E-state index < -0.39 is 0 Å². The summed E-state index contributed by atoms with van der Waals surface area (Å²) in [6.07, 6.45) is 3.68. The number of nitrogens with zero attached hydrogens (tertiary/aromatic N) is 2. The molecule has 0 aliphatic heterocycles. The van der Waals surface area contributed by atoms with Crippen LogP contribution in [0.4, 0.5) is 5.69 Å². The Balaban J connectivity index is 2.11. The number of imidazole rings is 1. The molecule has 2 aromatic rings. The summed E-state index contributed by atoms with van der Waals surface area (Å²) in [7, 11) is 2.00. The monoisotopic (exact) mass is 279 g/mol. The second-order valence-electron chi connectivity index (χ2n) is 3.79. The molecule has 0 unspecified atom stereocenters. The average Bonchev–Trinajstić information content (AvgIpc) is 2.67. The molecule has 0 radical (unpaired) electrons. The summed E-state index contributed by atoms with van der Waals surface area (Å²) >= 11 is 3.58. The van der Waals surface area contributed by atoms with E-state index in [1.54, 1.807) is 0 Å². The number of rotatable bonds is 3. The van der Waals surface area contributed by atoms with Gasteiger partial charge in [0, 0.05) is 23.4 Å². The second-order valence-corrected chi connectivity index (χ2v) is 4.58. The summed E-state index contributed by atoms with van der Waals surface area (Å²) < 4.78 is 3.13. The predicted molar refractivity (Wildman–Crippen MR) is 69.4 cm³/mol. The molecule has 1 aromatic carbocycles. The van der Waals surface area contributed by atoms with Crippen LogP contribution in [0.5, 0.6) is 0 Å². The van der Waals surface area contributed by atoms with Crippen LogP contribution in [-0.2, 0) is 13.6 Å². The number of nitrogens with one attached hydrogen (secondary N) is 1. The van der Waals surface area contributed by atoms with Crippen LogP contribution in [-0.4, -0.2) is 9.55 Å². The molecule has 16 heavy (non-hydrogen) atoms. The van der Waals surface area contributed by atoms with Crippen LogP contribution in [0.1, 0.15) is 11.3 Å². The van der Waals surface area contributed by atoms with Gasteiger partial charge in [-0.1, -0.05) is 12.1 Å². The minimum absolute atomic E-state index is 0.776. The van der Waals surface area contributed by atoms with E-state index in [9.17, 15) is 0 Å². The largest absolute Gasteiger partial charge is 0.378 e. The molecule has 0 fully saturated rings. The van der Waals surface area contributed by atoms with Gasteiger partial charge in [-0.05, 0) is 34.5 Å². The zero-order chi connectivity index (χ0) is 11.5. The Hall–Kier alpha value is -1.29. The molecule has 2 rings (SSSR count). The maximum absolute atomic E-state index is 4.09. The predicted octanol–water partition coefficient (Wildman–Crippen LogP) is 3.10. The first-order valence-electron chi connectivity index (χ1n) is 5.12. The minimum Gasteiger partial charge on any atom is -0.378 e.